The van der Waals surface area contributed by atoms with Crippen molar-refractivity contribution < 1.29 is 0 Å². The van der Waals surface area contributed by atoms with Crippen LogP contribution in [0.4, 0.5) is 0 Å². The predicted octanol–water partition coefficient (Wildman–Crippen LogP) is 5.68. The Morgan fingerprint density at radius 3 is 2.81 bits per heavy atom. The molecular weight excluding hydrogens is 316 g/mol. The summed E-state index contributed by atoms with van der Waals surface area (Å²) in [4.78, 5) is 6.09. The average Bonchev–Trinajstić information content (AvgIpc) is 3.09. The van der Waals surface area contributed by atoms with E-state index in [4.69, 9.17) is 0 Å². The first kappa shape index (κ1) is 17.4. The Morgan fingerprint density at radius 2 is 1.88 bits per heavy atom. The molecule has 0 saturated carbocycles. The van der Waals surface area contributed by atoms with Gasteiger partial charge in [0.25, 0.3) is 0 Å². The Labute approximate surface area is 157 Å². The molecule has 0 spiro atoms. The van der Waals surface area contributed by atoms with E-state index in [1.807, 2.05) is 0 Å². The van der Waals surface area contributed by atoms with Crippen LogP contribution in [0.5, 0.6) is 0 Å². The van der Waals surface area contributed by atoms with Gasteiger partial charge in [0.1, 0.15) is 0 Å². The molecule has 3 aromatic rings. The first-order valence-electron chi connectivity index (χ1n) is 10.1. The van der Waals surface area contributed by atoms with Crippen LogP contribution in [0.2, 0.25) is 0 Å². The second-order valence-electron chi connectivity index (χ2n) is 7.81. The van der Waals surface area contributed by atoms with E-state index in [0.717, 1.165) is 5.92 Å². The maximum atomic E-state index is 3.40. The number of benzene rings is 2. The number of rotatable bonds is 6. The van der Waals surface area contributed by atoms with Crippen LogP contribution in [0.1, 0.15) is 48.3 Å². The monoisotopic (exact) mass is 346 g/mol. The van der Waals surface area contributed by atoms with Gasteiger partial charge >= 0.3 is 0 Å². The lowest BCUT2D eigenvalue weighted by molar-refractivity contribution is 0.204. The Morgan fingerprint density at radius 1 is 1.04 bits per heavy atom. The SMILES string of the molecule is Cc1ccccc1C1CCCN(CCCCc2c[nH]c3ccccc23)C1. The van der Waals surface area contributed by atoms with Gasteiger partial charge in [0.2, 0.25) is 0 Å². The lowest BCUT2D eigenvalue weighted by Gasteiger charge is -2.33. The summed E-state index contributed by atoms with van der Waals surface area (Å²) in [5.74, 6) is 0.721. The molecule has 1 atom stereocenters. The molecule has 0 aliphatic carbocycles. The van der Waals surface area contributed by atoms with Gasteiger partial charge in [-0.05, 0) is 80.8 Å². The van der Waals surface area contributed by atoms with Gasteiger partial charge < -0.3 is 9.88 Å². The van der Waals surface area contributed by atoms with E-state index >= 15 is 0 Å². The third-order valence-corrected chi connectivity index (χ3v) is 5.98. The minimum atomic E-state index is 0.721. The van der Waals surface area contributed by atoms with E-state index in [-0.39, 0.29) is 0 Å². The molecule has 0 radical (unpaired) electrons. The number of hydrogen-bond acceptors (Lipinski definition) is 1. The summed E-state index contributed by atoms with van der Waals surface area (Å²) < 4.78 is 0. The zero-order chi connectivity index (χ0) is 17.8. The summed E-state index contributed by atoms with van der Waals surface area (Å²) in [6, 6.07) is 17.6. The van der Waals surface area contributed by atoms with Crippen LogP contribution in [0.25, 0.3) is 10.9 Å². The molecule has 1 aliphatic heterocycles. The minimum absolute atomic E-state index is 0.721. The highest BCUT2D eigenvalue weighted by Gasteiger charge is 2.21. The smallest absolute Gasteiger partial charge is 0.0456 e. The third-order valence-electron chi connectivity index (χ3n) is 5.98. The van der Waals surface area contributed by atoms with Crippen LogP contribution in [-0.2, 0) is 6.42 Å². The van der Waals surface area contributed by atoms with Gasteiger partial charge in [0.15, 0.2) is 0 Å². The van der Waals surface area contributed by atoms with Crippen molar-refractivity contribution in [1.82, 2.24) is 9.88 Å². The van der Waals surface area contributed by atoms with Gasteiger partial charge in [-0.2, -0.15) is 0 Å². The molecule has 0 amide bonds. The Kier molecular flexibility index (Phi) is 5.40. The number of aryl methyl sites for hydroxylation is 2. The lowest BCUT2D eigenvalue weighted by Crippen LogP contribution is -2.35. The summed E-state index contributed by atoms with van der Waals surface area (Å²) in [7, 11) is 0. The summed E-state index contributed by atoms with van der Waals surface area (Å²) in [5, 5.41) is 1.39. The number of aromatic amines is 1. The number of unbranched alkanes of at least 4 members (excludes halogenated alkanes) is 1. The number of nitrogens with one attached hydrogen (secondary N) is 1. The van der Waals surface area contributed by atoms with Crippen LogP contribution >= 0.6 is 0 Å². The average molecular weight is 347 g/mol. The number of hydrogen-bond donors (Lipinski definition) is 1. The number of fused-ring (bicyclic) bond motifs is 1. The zero-order valence-electron chi connectivity index (χ0n) is 15.9. The van der Waals surface area contributed by atoms with Crippen molar-refractivity contribution in [2.75, 3.05) is 19.6 Å². The fraction of sp³-hybridized carbons (Fsp3) is 0.417. The molecule has 1 saturated heterocycles. The van der Waals surface area contributed by atoms with Gasteiger partial charge in [0.05, 0.1) is 0 Å². The fourth-order valence-corrected chi connectivity index (χ4v) is 4.55. The Bertz CT molecular complexity index is 848. The molecule has 2 heteroatoms. The first-order valence-corrected chi connectivity index (χ1v) is 10.1. The highest BCUT2D eigenvalue weighted by molar-refractivity contribution is 5.82. The van der Waals surface area contributed by atoms with Crippen molar-refractivity contribution in [3.63, 3.8) is 0 Å². The molecule has 1 aromatic heterocycles. The largest absolute Gasteiger partial charge is 0.361 e. The third kappa shape index (κ3) is 3.86. The summed E-state index contributed by atoms with van der Waals surface area (Å²) in [5.41, 5.74) is 5.76. The van der Waals surface area contributed by atoms with E-state index in [0.29, 0.717) is 0 Å². The van der Waals surface area contributed by atoms with Crippen molar-refractivity contribution in [2.24, 2.45) is 0 Å². The molecule has 0 bridgehead atoms. The Balaban J connectivity index is 1.27. The number of piperidine rings is 1. The second kappa shape index (κ2) is 8.09. The maximum Gasteiger partial charge on any atom is 0.0456 e. The molecular formula is C24H30N2. The highest BCUT2D eigenvalue weighted by atomic mass is 15.1. The van der Waals surface area contributed by atoms with Crippen molar-refractivity contribution in [3.05, 3.63) is 71.4 Å². The fourth-order valence-electron chi connectivity index (χ4n) is 4.55. The highest BCUT2D eigenvalue weighted by Crippen LogP contribution is 2.29. The molecule has 1 aliphatic rings. The lowest BCUT2D eigenvalue weighted by atomic mass is 9.88. The number of H-pyrrole nitrogens is 1. The molecule has 2 heterocycles. The molecule has 2 nitrogen and oxygen atoms in total. The zero-order valence-corrected chi connectivity index (χ0v) is 15.9. The molecule has 26 heavy (non-hydrogen) atoms. The van der Waals surface area contributed by atoms with Gasteiger partial charge in [-0.15, -0.1) is 0 Å². The van der Waals surface area contributed by atoms with E-state index < -0.39 is 0 Å². The number of aromatic nitrogens is 1. The van der Waals surface area contributed by atoms with Gasteiger partial charge in [-0.1, -0.05) is 42.5 Å². The second-order valence-corrected chi connectivity index (χ2v) is 7.81. The summed E-state index contributed by atoms with van der Waals surface area (Å²) >= 11 is 0. The topological polar surface area (TPSA) is 19.0 Å². The minimum Gasteiger partial charge on any atom is -0.361 e. The van der Waals surface area contributed by atoms with Crippen LogP contribution in [0.15, 0.2) is 54.7 Å². The van der Waals surface area contributed by atoms with Crippen molar-refractivity contribution >= 4 is 10.9 Å². The molecule has 1 fully saturated rings. The molecule has 1 N–H and O–H groups in total. The molecule has 2 aromatic carbocycles. The van der Waals surface area contributed by atoms with Crippen LogP contribution in [0.3, 0.4) is 0 Å². The predicted molar refractivity (Wildman–Crippen MR) is 111 cm³/mol. The van der Waals surface area contributed by atoms with E-state index in [1.165, 1.54) is 73.8 Å². The first-order chi connectivity index (χ1) is 12.8. The van der Waals surface area contributed by atoms with Crippen LogP contribution in [0, 0.1) is 6.92 Å². The molecule has 1 unspecified atom stereocenters. The summed E-state index contributed by atoms with van der Waals surface area (Å²) in [6.45, 7) is 6.01. The number of likely N-dealkylation sites (tertiary alicyclic amines) is 1. The van der Waals surface area contributed by atoms with E-state index in [9.17, 15) is 0 Å². The summed E-state index contributed by atoms with van der Waals surface area (Å²) in [6.07, 6.45) is 8.62. The van der Waals surface area contributed by atoms with Gasteiger partial charge in [0, 0.05) is 23.6 Å². The Hall–Kier alpha value is -2.06. The maximum absolute atomic E-state index is 3.40. The van der Waals surface area contributed by atoms with Crippen molar-refractivity contribution in [2.45, 2.75) is 44.9 Å². The standard InChI is InChI=1S/C24H30N2/c1-19-9-2-3-12-22(19)21-11-8-16-26(18-21)15-7-6-10-20-17-25-24-14-5-4-13-23(20)24/h2-5,9,12-14,17,21,25H,6-8,10-11,15-16,18H2,1H3. The van der Waals surface area contributed by atoms with Gasteiger partial charge in [-0.3, -0.25) is 0 Å². The van der Waals surface area contributed by atoms with E-state index in [1.54, 1.807) is 5.56 Å². The van der Waals surface area contributed by atoms with Crippen LogP contribution < -0.4 is 0 Å². The van der Waals surface area contributed by atoms with Crippen molar-refractivity contribution in [3.8, 4) is 0 Å². The normalized spacial score (nSPS) is 18.4. The van der Waals surface area contributed by atoms with Crippen LogP contribution in [-0.4, -0.2) is 29.5 Å². The van der Waals surface area contributed by atoms with Gasteiger partial charge in [-0.25, -0.2) is 0 Å². The molecule has 136 valence electrons. The molecule has 4 rings (SSSR count). The van der Waals surface area contributed by atoms with Crippen molar-refractivity contribution in [1.29, 1.82) is 0 Å². The quantitative estimate of drug-likeness (QED) is 0.569. The number of para-hydroxylation sites is 1. The number of nitrogens with zero attached hydrogens (tertiary/aromatic N) is 1. The van der Waals surface area contributed by atoms with E-state index in [2.05, 4.69) is 71.5 Å².